The maximum absolute atomic E-state index is 14.7. The number of morpholine rings is 1. The van der Waals surface area contributed by atoms with Gasteiger partial charge in [-0.1, -0.05) is 96.0 Å². The number of aliphatic hydroxyl groups is 1. The molecule has 3 aliphatic heterocycles. The smallest absolute Gasteiger partial charge is 0.320 e. The van der Waals surface area contributed by atoms with Gasteiger partial charge in [0.1, 0.15) is 12.1 Å². The summed E-state index contributed by atoms with van der Waals surface area (Å²) in [6.07, 6.45) is 8.86. The minimum atomic E-state index is -0.927. The van der Waals surface area contributed by atoms with Crippen molar-refractivity contribution in [1.29, 1.82) is 0 Å². The van der Waals surface area contributed by atoms with Gasteiger partial charge in [-0.05, 0) is 56.7 Å². The van der Waals surface area contributed by atoms with Crippen molar-refractivity contribution in [2.45, 2.75) is 122 Å². The highest BCUT2D eigenvalue weighted by atomic mass is 16.5. The number of hydrogen-bond donors (Lipinski definition) is 3. The van der Waals surface area contributed by atoms with Gasteiger partial charge in [-0.15, -0.1) is 0 Å². The number of benzene rings is 1. The summed E-state index contributed by atoms with van der Waals surface area (Å²) >= 11 is 0. The molecule has 1 saturated carbocycles. The maximum atomic E-state index is 14.7. The van der Waals surface area contributed by atoms with Crippen molar-refractivity contribution in [2.75, 3.05) is 85.7 Å². The van der Waals surface area contributed by atoms with Crippen molar-refractivity contribution in [3.05, 3.63) is 35.9 Å². The third kappa shape index (κ3) is 13.4. The zero-order chi connectivity index (χ0) is 41.4. The van der Waals surface area contributed by atoms with E-state index in [1.807, 2.05) is 49.1 Å². The van der Waals surface area contributed by atoms with Gasteiger partial charge in [0.2, 0.25) is 17.7 Å². The number of ether oxygens (including phenoxy) is 1. The van der Waals surface area contributed by atoms with Crippen LogP contribution in [0.3, 0.4) is 0 Å². The van der Waals surface area contributed by atoms with E-state index < -0.39 is 30.1 Å². The van der Waals surface area contributed by atoms with Crippen molar-refractivity contribution in [1.82, 2.24) is 35.1 Å². The molecule has 1 aliphatic carbocycles. The Bertz CT molecular complexity index is 1410. The molecule has 3 saturated heterocycles. The van der Waals surface area contributed by atoms with Crippen LogP contribution in [0.4, 0.5) is 4.79 Å². The lowest BCUT2D eigenvalue weighted by atomic mass is 9.81. The molecule has 58 heavy (non-hydrogen) atoms. The number of unbranched alkanes of at least 4 members (excludes halogenated alkanes) is 1. The van der Waals surface area contributed by atoms with Crippen molar-refractivity contribution in [2.24, 2.45) is 17.8 Å². The van der Waals surface area contributed by atoms with Gasteiger partial charge in [-0.2, -0.15) is 0 Å². The van der Waals surface area contributed by atoms with Crippen molar-refractivity contribution in [3.8, 4) is 0 Å². The molecule has 0 spiro atoms. The second-order valence-electron chi connectivity index (χ2n) is 17.8. The van der Waals surface area contributed by atoms with Crippen molar-refractivity contribution < 1.29 is 29.0 Å². The van der Waals surface area contributed by atoms with Crippen LogP contribution in [-0.4, -0.2) is 163 Å². The number of carbonyl (C=O) groups is 4. The van der Waals surface area contributed by atoms with Gasteiger partial charge in [-0.3, -0.25) is 19.3 Å². The van der Waals surface area contributed by atoms with Gasteiger partial charge >= 0.3 is 6.03 Å². The van der Waals surface area contributed by atoms with Crippen LogP contribution in [0, 0.1) is 17.8 Å². The van der Waals surface area contributed by atoms with Gasteiger partial charge < -0.3 is 40.1 Å². The van der Waals surface area contributed by atoms with Crippen LogP contribution in [0.1, 0.15) is 97.0 Å². The van der Waals surface area contributed by atoms with E-state index in [-0.39, 0.29) is 42.6 Å². The van der Waals surface area contributed by atoms with Crippen LogP contribution in [0.15, 0.2) is 30.3 Å². The predicted octanol–water partition coefficient (Wildman–Crippen LogP) is 3.99. The lowest BCUT2D eigenvalue weighted by Crippen LogP contribution is -2.66. The molecule has 0 radical (unpaired) electrons. The van der Waals surface area contributed by atoms with Crippen LogP contribution in [0.25, 0.3) is 0 Å². The Morgan fingerprint density at radius 2 is 1.60 bits per heavy atom. The van der Waals surface area contributed by atoms with E-state index in [9.17, 15) is 24.3 Å². The van der Waals surface area contributed by atoms with Crippen LogP contribution in [-0.2, 0) is 25.5 Å². The molecular weight excluding hydrogens is 735 g/mol. The van der Waals surface area contributed by atoms with Gasteiger partial charge in [0.25, 0.3) is 0 Å². The summed E-state index contributed by atoms with van der Waals surface area (Å²) in [7, 11) is 2.05. The minimum Gasteiger partial charge on any atom is -0.391 e. The summed E-state index contributed by atoms with van der Waals surface area (Å²) in [5, 5.41) is 18.5. The molecule has 0 unspecified atom stereocenters. The molecule has 13 nitrogen and oxygen atoms in total. The average Bonchev–Trinajstić information content (AvgIpc) is 3.23. The number of urea groups is 1. The fourth-order valence-electron chi connectivity index (χ4n) is 9.33. The summed E-state index contributed by atoms with van der Waals surface area (Å²) < 4.78 is 5.46. The van der Waals surface area contributed by atoms with E-state index in [1.54, 1.807) is 9.80 Å². The molecule has 0 bridgehead atoms. The van der Waals surface area contributed by atoms with Gasteiger partial charge in [0.15, 0.2) is 0 Å². The van der Waals surface area contributed by atoms with E-state index >= 15 is 0 Å². The first-order chi connectivity index (χ1) is 28.0. The third-order valence-corrected chi connectivity index (χ3v) is 13.1. The number of nitrogens with zero attached hydrogens (tertiary/aromatic N) is 5. The SMILES string of the molecule is CCCC[C@H](C(=O)N[C@@H](CC1CCCCC1)[C@@H](O)C[C@H](C(=O)NCCCN1CCOCC1)C(C)C)N1CCN(C(=O)N2CCN(C)CC2)[C@@H](Cc2ccccc2)C1=O. The Balaban J connectivity index is 1.30. The first-order valence-corrected chi connectivity index (χ1v) is 22.7. The van der Waals surface area contributed by atoms with Crippen LogP contribution in [0.2, 0.25) is 0 Å². The van der Waals surface area contributed by atoms with Crippen LogP contribution in [0.5, 0.6) is 0 Å². The summed E-state index contributed by atoms with van der Waals surface area (Å²) in [4.78, 5) is 66.9. The molecule has 1 aromatic carbocycles. The number of aliphatic hydroxyl groups excluding tert-OH is 1. The summed E-state index contributed by atoms with van der Waals surface area (Å²) in [6.45, 7) is 14.3. The molecule has 0 aromatic heterocycles. The zero-order valence-corrected chi connectivity index (χ0v) is 36.1. The molecule has 5 amide bonds. The van der Waals surface area contributed by atoms with Gasteiger partial charge in [0.05, 0.1) is 25.4 Å². The highest BCUT2D eigenvalue weighted by Crippen LogP contribution is 2.30. The lowest BCUT2D eigenvalue weighted by molar-refractivity contribution is -0.149. The first-order valence-electron chi connectivity index (χ1n) is 22.7. The van der Waals surface area contributed by atoms with E-state index in [1.165, 1.54) is 6.42 Å². The van der Waals surface area contributed by atoms with E-state index in [0.29, 0.717) is 51.4 Å². The standard InChI is InChI=1S/C45H75N7O6/c1-5-6-18-39(51-25-26-52(45(57)50-23-21-48(4)22-24-50)40(44(51)56)32-36-16-11-8-12-17-36)43(55)47-38(31-35-14-9-7-10-15-35)41(53)33-37(34(2)3)42(54)46-19-13-20-49-27-29-58-30-28-49/h8,11-12,16-17,34-35,37-41,53H,5-7,9-10,13-15,18-33H2,1-4H3,(H,46,54)(H,47,55)/t37-,38-,39+,40-,41-/m0/s1. The number of carbonyl (C=O) groups excluding carboxylic acids is 4. The number of amides is 5. The Morgan fingerprint density at radius 3 is 2.28 bits per heavy atom. The van der Waals surface area contributed by atoms with Crippen LogP contribution >= 0.6 is 0 Å². The first kappa shape index (κ1) is 45.8. The second kappa shape index (κ2) is 23.5. The predicted molar refractivity (Wildman–Crippen MR) is 227 cm³/mol. The molecular formula is C45H75N7O6. The quantitative estimate of drug-likeness (QED) is 0.179. The maximum Gasteiger partial charge on any atom is 0.320 e. The van der Waals surface area contributed by atoms with Crippen molar-refractivity contribution >= 4 is 23.8 Å². The molecule has 4 fully saturated rings. The summed E-state index contributed by atoms with van der Waals surface area (Å²) in [5.41, 5.74) is 0.963. The van der Waals surface area contributed by atoms with E-state index in [2.05, 4.69) is 34.4 Å². The fraction of sp³-hybridized carbons (Fsp3) is 0.778. The second-order valence-corrected chi connectivity index (χ2v) is 17.8. The molecule has 13 heteroatoms. The highest BCUT2D eigenvalue weighted by Gasteiger charge is 2.44. The van der Waals surface area contributed by atoms with Crippen molar-refractivity contribution in [3.63, 3.8) is 0 Å². The Morgan fingerprint density at radius 1 is 0.897 bits per heavy atom. The molecule has 1 aromatic rings. The number of piperazine rings is 2. The van der Waals surface area contributed by atoms with Crippen LogP contribution < -0.4 is 10.6 Å². The van der Waals surface area contributed by atoms with Gasteiger partial charge in [-0.25, -0.2) is 4.79 Å². The third-order valence-electron chi connectivity index (χ3n) is 13.1. The van der Waals surface area contributed by atoms with Gasteiger partial charge in [0, 0.05) is 71.2 Å². The fourth-order valence-corrected chi connectivity index (χ4v) is 9.33. The number of likely N-dealkylation sites (N-methyl/N-ethyl adjacent to an activating group) is 1. The molecule has 4 aliphatic rings. The normalized spacial score (nSPS) is 22.4. The minimum absolute atomic E-state index is 0.00116. The lowest BCUT2D eigenvalue weighted by Gasteiger charge is -2.46. The largest absolute Gasteiger partial charge is 0.391 e. The molecule has 5 atom stereocenters. The number of nitrogens with one attached hydrogen (secondary N) is 2. The molecule has 3 heterocycles. The van der Waals surface area contributed by atoms with E-state index in [4.69, 9.17) is 4.74 Å². The number of hydrogen-bond acceptors (Lipinski definition) is 8. The Hall–Kier alpha value is -3.26. The zero-order valence-electron chi connectivity index (χ0n) is 36.1. The summed E-state index contributed by atoms with van der Waals surface area (Å²) in [5.74, 6) is -0.558. The summed E-state index contributed by atoms with van der Waals surface area (Å²) in [6, 6.07) is 7.67. The highest BCUT2D eigenvalue weighted by molar-refractivity contribution is 5.93. The average molecular weight is 810 g/mol. The molecule has 326 valence electrons. The number of rotatable bonds is 19. The topological polar surface area (TPSA) is 138 Å². The van der Waals surface area contributed by atoms with E-state index in [0.717, 1.165) is 96.4 Å². The monoisotopic (exact) mass is 810 g/mol. The molecule has 3 N–H and O–H groups in total. The Labute approximate surface area is 348 Å². The Kier molecular flexibility index (Phi) is 18.6. The molecule has 5 rings (SSSR count).